The average Bonchev–Trinajstić information content (AvgIpc) is 3.10. The Morgan fingerprint density at radius 1 is 1.08 bits per heavy atom. The molecular weight excluding hydrogens is 352 g/mol. The molecule has 0 fully saturated rings. The van der Waals surface area contributed by atoms with Crippen molar-refractivity contribution in [2.24, 2.45) is 0 Å². The Labute approximate surface area is 156 Å². The number of rotatable bonds is 5. The van der Waals surface area contributed by atoms with Crippen LogP contribution in [0.25, 0.3) is 11.4 Å². The van der Waals surface area contributed by atoms with Gasteiger partial charge >= 0.3 is 5.97 Å². The molecule has 1 heterocycles. The summed E-state index contributed by atoms with van der Waals surface area (Å²) in [7, 11) is 0. The zero-order chi connectivity index (χ0) is 18.7. The molecule has 26 heavy (non-hydrogen) atoms. The van der Waals surface area contributed by atoms with Gasteiger partial charge in [0.1, 0.15) is 5.75 Å². The lowest BCUT2D eigenvalue weighted by Crippen LogP contribution is -2.11. The van der Waals surface area contributed by atoms with Gasteiger partial charge in [-0.15, -0.1) is 0 Å². The Bertz CT molecular complexity index is 933. The van der Waals surface area contributed by atoms with Crippen molar-refractivity contribution >= 4 is 17.6 Å². The molecule has 0 N–H and O–H groups in total. The van der Waals surface area contributed by atoms with Gasteiger partial charge in [-0.1, -0.05) is 28.9 Å². The smallest absolute Gasteiger partial charge is 0.311 e. The number of nitrogens with zero attached hydrogens (tertiary/aromatic N) is 2. The van der Waals surface area contributed by atoms with Crippen LogP contribution >= 0.6 is 11.6 Å². The summed E-state index contributed by atoms with van der Waals surface area (Å²) < 4.78 is 10.8. The van der Waals surface area contributed by atoms with Crippen LogP contribution in [-0.4, -0.2) is 16.1 Å². The van der Waals surface area contributed by atoms with Gasteiger partial charge in [0.05, 0.1) is 6.42 Å². The summed E-state index contributed by atoms with van der Waals surface area (Å²) in [6.07, 6.45) is 0.485. The van der Waals surface area contributed by atoms with Crippen molar-refractivity contribution in [3.05, 3.63) is 64.0 Å². The fourth-order valence-corrected chi connectivity index (χ4v) is 2.66. The molecule has 6 heteroatoms. The molecule has 3 rings (SSSR count). The Hall–Kier alpha value is -2.66. The van der Waals surface area contributed by atoms with Crippen molar-refractivity contribution in [1.29, 1.82) is 0 Å². The van der Waals surface area contributed by atoms with Crippen LogP contribution < -0.4 is 4.74 Å². The predicted molar refractivity (Wildman–Crippen MR) is 99.4 cm³/mol. The lowest BCUT2D eigenvalue weighted by molar-refractivity contribution is -0.134. The van der Waals surface area contributed by atoms with E-state index in [-0.39, 0.29) is 12.4 Å². The fraction of sp³-hybridized carbons (Fsp3) is 0.250. The van der Waals surface area contributed by atoms with Crippen LogP contribution in [0.5, 0.6) is 5.75 Å². The molecule has 0 spiro atoms. The molecule has 1 aromatic heterocycles. The van der Waals surface area contributed by atoms with Crippen LogP contribution in [0.1, 0.15) is 29.0 Å². The van der Waals surface area contributed by atoms with E-state index in [4.69, 9.17) is 20.9 Å². The molecule has 0 saturated carbocycles. The fourth-order valence-electron chi connectivity index (χ4n) is 2.53. The summed E-state index contributed by atoms with van der Waals surface area (Å²) in [5.74, 6) is 1.16. The second-order valence-corrected chi connectivity index (χ2v) is 6.58. The zero-order valence-corrected chi connectivity index (χ0v) is 15.6. The predicted octanol–water partition coefficient (Wildman–Crippen LogP) is 4.85. The number of hydrogen-bond donors (Lipinski definition) is 0. The first-order chi connectivity index (χ1) is 12.4. The van der Waals surface area contributed by atoms with Crippen molar-refractivity contribution in [2.75, 3.05) is 0 Å². The van der Waals surface area contributed by atoms with Gasteiger partial charge in [0.25, 0.3) is 0 Å². The summed E-state index contributed by atoms with van der Waals surface area (Å²) >= 11 is 5.87. The van der Waals surface area contributed by atoms with Gasteiger partial charge in [-0.2, -0.15) is 4.98 Å². The third-order valence-electron chi connectivity index (χ3n) is 4.20. The maximum atomic E-state index is 12.2. The van der Waals surface area contributed by atoms with Gasteiger partial charge in [0.15, 0.2) is 0 Å². The SMILES string of the molecule is Cc1ccc(C)c(OC(=O)CCc2nc(-c3ccc(Cl)cc3)no2)c1C. The number of esters is 1. The Kier molecular flexibility index (Phi) is 5.38. The molecule has 0 aliphatic carbocycles. The number of ether oxygens (including phenoxy) is 1. The van der Waals surface area contributed by atoms with Crippen molar-refractivity contribution < 1.29 is 14.1 Å². The first-order valence-electron chi connectivity index (χ1n) is 8.30. The van der Waals surface area contributed by atoms with Crippen LogP contribution in [-0.2, 0) is 11.2 Å². The van der Waals surface area contributed by atoms with Crippen LogP contribution in [0.15, 0.2) is 40.9 Å². The number of carbonyl (C=O) groups is 1. The Morgan fingerprint density at radius 2 is 1.77 bits per heavy atom. The summed E-state index contributed by atoms with van der Waals surface area (Å²) in [4.78, 5) is 16.5. The second-order valence-electron chi connectivity index (χ2n) is 6.15. The summed E-state index contributed by atoms with van der Waals surface area (Å²) in [5.41, 5.74) is 3.80. The van der Waals surface area contributed by atoms with Crippen LogP contribution in [0.4, 0.5) is 0 Å². The Morgan fingerprint density at radius 3 is 2.50 bits per heavy atom. The van der Waals surface area contributed by atoms with E-state index in [1.807, 2.05) is 45.0 Å². The van der Waals surface area contributed by atoms with Gasteiger partial charge in [0.2, 0.25) is 11.7 Å². The minimum atomic E-state index is -0.326. The molecule has 0 aliphatic heterocycles. The number of halogens is 1. The number of carbonyl (C=O) groups excluding carboxylic acids is 1. The number of hydrogen-bond acceptors (Lipinski definition) is 5. The molecule has 5 nitrogen and oxygen atoms in total. The summed E-state index contributed by atoms with van der Waals surface area (Å²) in [6.45, 7) is 5.86. The highest BCUT2D eigenvalue weighted by atomic mass is 35.5. The molecule has 3 aromatic rings. The Balaban J connectivity index is 1.62. The standard InChI is InChI=1S/C20H19ClN2O3/c1-12-4-5-13(2)19(14(12)3)25-18(24)11-10-17-22-20(23-26-17)15-6-8-16(21)9-7-15/h4-9H,10-11H2,1-3H3. The quantitative estimate of drug-likeness (QED) is 0.474. The summed E-state index contributed by atoms with van der Waals surface area (Å²) in [6, 6.07) is 11.1. The normalized spacial score (nSPS) is 10.8. The van der Waals surface area contributed by atoms with E-state index in [1.165, 1.54) is 0 Å². The number of benzene rings is 2. The lowest BCUT2D eigenvalue weighted by Gasteiger charge is -2.12. The van der Waals surface area contributed by atoms with E-state index in [0.29, 0.717) is 28.9 Å². The molecule has 0 amide bonds. The molecule has 0 radical (unpaired) electrons. The van der Waals surface area contributed by atoms with Gasteiger partial charge in [0, 0.05) is 17.0 Å². The van der Waals surface area contributed by atoms with Crippen LogP contribution in [0, 0.1) is 20.8 Å². The molecule has 0 unspecified atom stereocenters. The van der Waals surface area contributed by atoms with Gasteiger partial charge in [-0.05, 0) is 61.7 Å². The van der Waals surface area contributed by atoms with E-state index in [0.717, 1.165) is 22.3 Å². The highest BCUT2D eigenvalue weighted by Crippen LogP contribution is 2.26. The molecule has 0 saturated heterocycles. The molecule has 0 bridgehead atoms. The zero-order valence-electron chi connectivity index (χ0n) is 14.9. The third-order valence-corrected chi connectivity index (χ3v) is 4.45. The van der Waals surface area contributed by atoms with Crippen LogP contribution in [0.3, 0.4) is 0 Å². The largest absolute Gasteiger partial charge is 0.426 e. The van der Waals surface area contributed by atoms with Gasteiger partial charge < -0.3 is 9.26 Å². The second kappa shape index (κ2) is 7.70. The number of aromatic nitrogens is 2. The van der Waals surface area contributed by atoms with E-state index in [2.05, 4.69) is 10.1 Å². The highest BCUT2D eigenvalue weighted by molar-refractivity contribution is 6.30. The first-order valence-corrected chi connectivity index (χ1v) is 8.68. The van der Waals surface area contributed by atoms with E-state index >= 15 is 0 Å². The highest BCUT2D eigenvalue weighted by Gasteiger charge is 2.14. The first kappa shape index (κ1) is 18.1. The maximum Gasteiger partial charge on any atom is 0.311 e. The van der Waals surface area contributed by atoms with Crippen molar-refractivity contribution in [2.45, 2.75) is 33.6 Å². The maximum absolute atomic E-state index is 12.2. The van der Waals surface area contributed by atoms with Crippen molar-refractivity contribution in [1.82, 2.24) is 10.1 Å². The van der Waals surface area contributed by atoms with Crippen LogP contribution in [0.2, 0.25) is 5.02 Å². The van der Waals surface area contributed by atoms with Gasteiger partial charge in [-0.3, -0.25) is 4.79 Å². The minimum Gasteiger partial charge on any atom is -0.426 e. The average molecular weight is 371 g/mol. The van der Waals surface area contributed by atoms with E-state index in [9.17, 15) is 4.79 Å². The topological polar surface area (TPSA) is 65.2 Å². The summed E-state index contributed by atoms with van der Waals surface area (Å²) in [5, 5.41) is 4.58. The molecule has 134 valence electrons. The minimum absolute atomic E-state index is 0.162. The molecular formula is C20H19ClN2O3. The van der Waals surface area contributed by atoms with E-state index < -0.39 is 0 Å². The lowest BCUT2D eigenvalue weighted by atomic mass is 10.1. The number of aryl methyl sites for hydroxylation is 3. The van der Waals surface area contributed by atoms with Crippen molar-refractivity contribution in [3.8, 4) is 17.1 Å². The van der Waals surface area contributed by atoms with Gasteiger partial charge in [-0.25, -0.2) is 0 Å². The van der Waals surface area contributed by atoms with E-state index in [1.54, 1.807) is 12.1 Å². The molecule has 0 aliphatic rings. The molecule has 2 aromatic carbocycles. The monoisotopic (exact) mass is 370 g/mol. The van der Waals surface area contributed by atoms with Crippen molar-refractivity contribution in [3.63, 3.8) is 0 Å². The third kappa shape index (κ3) is 4.11. The molecule has 0 atom stereocenters.